The van der Waals surface area contributed by atoms with Gasteiger partial charge in [0.05, 0.1) is 29.8 Å². The lowest BCUT2D eigenvalue weighted by atomic mass is 9.72. The van der Waals surface area contributed by atoms with Crippen LogP contribution in [0, 0.1) is 18.2 Å². The second-order valence-corrected chi connectivity index (χ2v) is 13.2. The van der Waals surface area contributed by atoms with Crippen LogP contribution in [0.5, 0.6) is 0 Å². The molecule has 0 saturated carbocycles. The molecule has 5 rings (SSSR count). The van der Waals surface area contributed by atoms with Gasteiger partial charge in [0.25, 0.3) is 0 Å². The first kappa shape index (κ1) is 35.0. The first-order valence-electron chi connectivity index (χ1n) is 15.3. The summed E-state index contributed by atoms with van der Waals surface area (Å²) in [4.78, 5) is 26.5. The van der Waals surface area contributed by atoms with Crippen LogP contribution in [0.1, 0.15) is 84.3 Å². The number of hydrogen-bond donors (Lipinski definition) is 0. The van der Waals surface area contributed by atoms with Crippen molar-refractivity contribution in [2.24, 2.45) is 5.41 Å². The molecule has 5 nitrogen and oxygen atoms in total. The highest BCUT2D eigenvalue weighted by atomic mass is 19.4. The van der Waals surface area contributed by atoms with Crippen molar-refractivity contribution in [2.45, 2.75) is 71.5 Å². The third kappa shape index (κ3) is 7.07. The average Bonchev–Trinajstić information content (AvgIpc) is 3.28. The fraction of sp³-hybridized carbons (Fsp3) is 0.389. The standard InChI is InChI=1S/C36H34F7NO4/c1-19-12-22(32(45)47-5)6-8-27(19)29-15-21(7-9-30(29)37)28-10-11-34(3,4)17-24(28)18-44-20(2)31(48-33(44)46)23-13-25(35(38,39)40)16-26(14-23)36(41,42)43/h6-9,12-16,20,31H,10-11,17-18H2,1-5H3/t20?,31-/m0/s1. The van der Waals surface area contributed by atoms with E-state index in [-0.39, 0.29) is 18.0 Å². The van der Waals surface area contributed by atoms with Crippen LogP contribution in [0.2, 0.25) is 0 Å². The van der Waals surface area contributed by atoms with Crippen molar-refractivity contribution in [1.29, 1.82) is 0 Å². The van der Waals surface area contributed by atoms with Gasteiger partial charge in [-0.1, -0.05) is 26.0 Å². The molecule has 0 spiro atoms. The molecule has 3 aromatic rings. The van der Waals surface area contributed by atoms with Crippen LogP contribution in [0.15, 0.2) is 60.2 Å². The number of nitrogens with zero attached hydrogens (tertiary/aromatic N) is 1. The van der Waals surface area contributed by atoms with Gasteiger partial charge in [-0.15, -0.1) is 0 Å². The van der Waals surface area contributed by atoms with Gasteiger partial charge in [0, 0.05) is 12.1 Å². The predicted octanol–water partition coefficient (Wildman–Crippen LogP) is 10.2. The third-order valence-corrected chi connectivity index (χ3v) is 9.11. The topological polar surface area (TPSA) is 55.8 Å². The molecule has 3 aromatic carbocycles. The summed E-state index contributed by atoms with van der Waals surface area (Å²) in [6.45, 7) is 7.40. The number of ether oxygens (including phenoxy) is 2. The number of rotatable bonds is 6. The number of cyclic esters (lactones) is 1. The van der Waals surface area contributed by atoms with Crippen molar-refractivity contribution in [3.8, 4) is 11.1 Å². The molecule has 1 aliphatic carbocycles. The lowest BCUT2D eigenvalue weighted by Gasteiger charge is -2.35. The normalized spacial score (nSPS) is 19.8. The van der Waals surface area contributed by atoms with Crippen LogP contribution in [0.4, 0.5) is 35.5 Å². The minimum absolute atomic E-state index is 0.0138. The van der Waals surface area contributed by atoms with Gasteiger partial charge in [-0.3, -0.25) is 4.90 Å². The largest absolute Gasteiger partial charge is 0.465 e. The molecule has 1 saturated heterocycles. The number of amides is 1. The van der Waals surface area contributed by atoms with E-state index < -0.39 is 59.1 Å². The van der Waals surface area contributed by atoms with E-state index in [1.807, 2.05) is 0 Å². The summed E-state index contributed by atoms with van der Waals surface area (Å²) in [6, 6.07) is 9.80. The Morgan fingerprint density at radius 1 is 0.958 bits per heavy atom. The van der Waals surface area contributed by atoms with Gasteiger partial charge in [0.15, 0.2) is 0 Å². The molecule has 1 unspecified atom stereocenters. The Labute approximate surface area is 273 Å². The zero-order valence-corrected chi connectivity index (χ0v) is 26.9. The fourth-order valence-corrected chi connectivity index (χ4v) is 6.55. The minimum Gasteiger partial charge on any atom is -0.465 e. The van der Waals surface area contributed by atoms with E-state index in [1.54, 1.807) is 37.3 Å². The molecule has 0 bridgehead atoms. The van der Waals surface area contributed by atoms with E-state index in [9.17, 15) is 35.9 Å². The lowest BCUT2D eigenvalue weighted by Crippen LogP contribution is -2.35. The number of alkyl halides is 6. The Morgan fingerprint density at radius 2 is 1.60 bits per heavy atom. The van der Waals surface area contributed by atoms with E-state index in [0.29, 0.717) is 52.8 Å². The Kier molecular flexibility index (Phi) is 9.17. The molecular formula is C36H34F7NO4. The monoisotopic (exact) mass is 677 g/mol. The smallest absolute Gasteiger partial charge is 0.416 e. The Morgan fingerprint density at radius 3 is 2.19 bits per heavy atom. The van der Waals surface area contributed by atoms with Gasteiger partial charge in [0.2, 0.25) is 0 Å². The molecule has 2 atom stereocenters. The fourth-order valence-electron chi connectivity index (χ4n) is 6.55. The van der Waals surface area contributed by atoms with Gasteiger partial charge in [-0.2, -0.15) is 26.3 Å². The third-order valence-electron chi connectivity index (χ3n) is 9.11. The SMILES string of the molecule is COC(=O)c1ccc(-c2cc(C3=C(CN4C(=O)O[C@H](c5cc(C(F)(F)F)cc(C(F)(F)F)c5)C4C)CC(C)(C)CC3)ccc2F)c(C)c1. The predicted molar refractivity (Wildman–Crippen MR) is 164 cm³/mol. The van der Waals surface area contributed by atoms with Crippen LogP contribution in [0.25, 0.3) is 16.7 Å². The van der Waals surface area contributed by atoms with Gasteiger partial charge in [-0.25, -0.2) is 14.0 Å². The molecule has 1 fully saturated rings. The molecule has 256 valence electrons. The van der Waals surface area contributed by atoms with Crippen molar-refractivity contribution in [3.63, 3.8) is 0 Å². The van der Waals surface area contributed by atoms with Crippen molar-refractivity contribution >= 4 is 17.6 Å². The first-order valence-corrected chi connectivity index (χ1v) is 15.3. The molecular weight excluding hydrogens is 643 g/mol. The van der Waals surface area contributed by atoms with Crippen molar-refractivity contribution in [3.05, 3.63) is 99.4 Å². The van der Waals surface area contributed by atoms with Crippen LogP contribution in [-0.2, 0) is 21.8 Å². The highest BCUT2D eigenvalue weighted by molar-refractivity contribution is 5.90. The lowest BCUT2D eigenvalue weighted by molar-refractivity contribution is -0.143. The number of carbonyl (C=O) groups is 2. The molecule has 12 heteroatoms. The van der Waals surface area contributed by atoms with Crippen LogP contribution in [0.3, 0.4) is 0 Å². The van der Waals surface area contributed by atoms with Gasteiger partial charge < -0.3 is 9.47 Å². The maximum absolute atomic E-state index is 15.3. The maximum atomic E-state index is 15.3. The number of hydrogen-bond acceptors (Lipinski definition) is 4. The van der Waals surface area contributed by atoms with E-state index in [2.05, 4.69) is 13.8 Å². The van der Waals surface area contributed by atoms with Crippen LogP contribution >= 0.6 is 0 Å². The first-order chi connectivity index (χ1) is 22.3. The summed E-state index contributed by atoms with van der Waals surface area (Å²) in [6.07, 6.45) is -10.5. The van der Waals surface area contributed by atoms with Crippen molar-refractivity contribution in [1.82, 2.24) is 4.90 Å². The van der Waals surface area contributed by atoms with Crippen LogP contribution in [-0.4, -0.2) is 36.7 Å². The minimum atomic E-state index is -5.05. The number of carbonyl (C=O) groups excluding carboxylic acids is 2. The summed E-state index contributed by atoms with van der Waals surface area (Å²) in [5.74, 6) is -1.01. The number of benzene rings is 3. The molecule has 0 aromatic heterocycles. The summed E-state index contributed by atoms with van der Waals surface area (Å²) in [5, 5.41) is 0. The molecule has 48 heavy (non-hydrogen) atoms. The quantitative estimate of drug-likeness (QED) is 0.193. The second kappa shape index (κ2) is 12.6. The second-order valence-electron chi connectivity index (χ2n) is 13.2. The summed E-state index contributed by atoms with van der Waals surface area (Å²) in [7, 11) is 1.27. The molecule has 0 radical (unpaired) electrons. The molecule has 0 N–H and O–H groups in total. The van der Waals surface area contributed by atoms with E-state index in [0.717, 1.165) is 17.6 Å². The average molecular weight is 678 g/mol. The van der Waals surface area contributed by atoms with E-state index >= 15 is 4.39 Å². The maximum Gasteiger partial charge on any atom is 0.416 e. The highest BCUT2D eigenvalue weighted by Gasteiger charge is 2.44. The summed E-state index contributed by atoms with van der Waals surface area (Å²) in [5.41, 5.74) is 0.662. The van der Waals surface area contributed by atoms with E-state index in [1.165, 1.54) is 25.0 Å². The number of allylic oxidation sites excluding steroid dienone is 1. The number of esters is 1. The number of halogens is 7. The van der Waals surface area contributed by atoms with Crippen molar-refractivity contribution in [2.75, 3.05) is 13.7 Å². The zero-order chi connectivity index (χ0) is 35.3. The van der Waals surface area contributed by atoms with Crippen molar-refractivity contribution < 1.29 is 49.8 Å². The number of methoxy groups -OCH3 is 1. The Balaban J connectivity index is 1.52. The molecule has 1 heterocycles. The van der Waals surface area contributed by atoms with E-state index in [4.69, 9.17) is 9.47 Å². The van der Waals surface area contributed by atoms with Crippen LogP contribution < -0.4 is 0 Å². The molecule has 2 aliphatic rings. The zero-order valence-electron chi connectivity index (χ0n) is 26.9. The Hall–Kier alpha value is -4.35. The number of aryl methyl sites for hydroxylation is 1. The summed E-state index contributed by atoms with van der Waals surface area (Å²) >= 11 is 0. The molecule has 1 amide bonds. The highest BCUT2D eigenvalue weighted by Crippen LogP contribution is 2.46. The van der Waals surface area contributed by atoms with Gasteiger partial charge in [0.1, 0.15) is 11.9 Å². The molecule has 1 aliphatic heterocycles. The van der Waals surface area contributed by atoms with Gasteiger partial charge >= 0.3 is 24.4 Å². The Bertz CT molecular complexity index is 1760. The van der Waals surface area contributed by atoms with Gasteiger partial charge in [-0.05, 0) is 114 Å². The summed E-state index contributed by atoms with van der Waals surface area (Å²) < 4.78 is 107.